The van der Waals surface area contributed by atoms with E-state index < -0.39 is 0 Å². The van der Waals surface area contributed by atoms with Crippen LogP contribution in [0.2, 0.25) is 0 Å². The summed E-state index contributed by atoms with van der Waals surface area (Å²) in [6, 6.07) is 8.15. The summed E-state index contributed by atoms with van der Waals surface area (Å²) < 4.78 is 0. The number of carbonyl (C=O) groups excluding carboxylic acids is 1. The molecule has 0 heterocycles. The van der Waals surface area contributed by atoms with Crippen LogP contribution < -0.4 is 0 Å². The van der Waals surface area contributed by atoms with E-state index in [9.17, 15) is 4.79 Å². The monoisotopic (exact) mass is 256 g/mol. The second kappa shape index (κ2) is 7.28. The van der Waals surface area contributed by atoms with E-state index in [2.05, 4.69) is 12.6 Å². The summed E-state index contributed by atoms with van der Waals surface area (Å²) in [6.45, 7) is 3.74. The molecule has 0 aliphatic heterocycles. The molecule has 2 rings (SSSR count). The van der Waals surface area contributed by atoms with Gasteiger partial charge in [-0.05, 0) is 44.1 Å². The molecule has 1 aromatic rings. The molecule has 1 aliphatic carbocycles. The summed E-state index contributed by atoms with van der Waals surface area (Å²) in [5, 5.41) is 0. The Morgan fingerprint density at radius 1 is 1.21 bits per heavy atom. The first kappa shape index (κ1) is 14.0. The number of aryl methyl sites for hydroxylation is 1. The van der Waals surface area contributed by atoms with E-state index in [4.69, 9.17) is 0 Å². The normalized spacial score (nSPS) is 18.7. The van der Waals surface area contributed by atoms with Gasteiger partial charge in [-0.25, -0.2) is 0 Å². The zero-order valence-corrected chi connectivity index (χ0v) is 11.7. The van der Waals surface area contributed by atoms with Gasteiger partial charge in [0.1, 0.15) is 0 Å². The summed E-state index contributed by atoms with van der Waals surface area (Å²) in [5.41, 5.74) is 2.23. The molecule has 0 N–H and O–H groups in total. The summed E-state index contributed by atoms with van der Waals surface area (Å²) in [6.07, 6.45) is 11.0. The topological polar surface area (TPSA) is 17.1 Å². The molecule has 0 radical (unpaired) electrons. The van der Waals surface area contributed by atoms with Crippen LogP contribution in [0, 0.1) is 5.92 Å². The Hall–Kier alpha value is -1.37. The lowest BCUT2D eigenvalue weighted by Gasteiger charge is -2.13. The lowest BCUT2D eigenvalue weighted by atomic mass is 9.90. The summed E-state index contributed by atoms with van der Waals surface area (Å²) in [7, 11) is 0. The van der Waals surface area contributed by atoms with Gasteiger partial charge in [-0.2, -0.15) is 0 Å². The lowest BCUT2D eigenvalue weighted by molar-refractivity contribution is 0.0907. The Balaban J connectivity index is 1.92. The molecule has 1 nitrogen and oxygen atoms in total. The molecule has 1 aliphatic rings. The molecule has 1 atom stereocenters. The van der Waals surface area contributed by atoms with Crippen LogP contribution in [0.1, 0.15) is 60.9 Å². The van der Waals surface area contributed by atoms with Crippen molar-refractivity contribution in [3.05, 3.63) is 48.0 Å². The third-order valence-corrected chi connectivity index (χ3v) is 4.11. The largest absolute Gasteiger partial charge is 0.294 e. The van der Waals surface area contributed by atoms with E-state index in [1.54, 1.807) is 0 Å². The highest BCUT2D eigenvalue weighted by atomic mass is 16.1. The molecule has 0 aromatic heterocycles. The van der Waals surface area contributed by atoms with Gasteiger partial charge >= 0.3 is 0 Å². The van der Waals surface area contributed by atoms with E-state index >= 15 is 0 Å². The van der Waals surface area contributed by atoms with Crippen LogP contribution in [-0.2, 0) is 6.42 Å². The number of unbranched alkanes of at least 4 members (excludes halogenated alkanes) is 3. The van der Waals surface area contributed by atoms with Crippen molar-refractivity contribution >= 4 is 5.78 Å². The third kappa shape index (κ3) is 3.79. The van der Waals surface area contributed by atoms with Crippen LogP contribution in [0.4, 0.5) is 0 Å². The molecule has 102 valence electrons. The molecular weight excluding hydrogens is 232 g/mol. The van der Waals surface area contributed by atoms with E-state index in [1.807, 2.05) is 24.3 Å². The average molecular weight is 256 g/mol. The van der Waals surface area contributed by atoms with Gasteiger partial charge in [0.2, 0.25) is 0 Å². The van der Waals surface area contributed by atoms with Gasteiger partial charge in [0.25, 0.3) is 0 Å². The van der Waals surface area contributed by atoms with Crippen molar-refractivity contribution in [3.8, 4) is 0 Å². The highest BCUT2D eigenvalue weighted by molar-refractivity contribution is 5.99. The Morgan fingerprint density at radius 2 is 2.05 bits per heavy atom. The quantitative estimate of drug-likeness (QED) is 0.399. The van der Waals surface area contributed by atoms with Crippen LogP contribution in [0.5, 0.6) is 0 Å². The Labute approximate surface area is 116 Å². The Morgan fingerprint density at radius 3 is 2.89 bits per heavy atom. The van der Waals surface area contributed by atoms with E-state index in [0.717, 1.165) is 37.7 Å². The molecule has 0 bridgehead atoms. The van der Waals surface area contributed by atoms with Crippen LogP contribution in [0.25, 0.3) is 0 Å². The minimum atomic E-state index is 0.257. The molecule has 0 spiro atoms. The highest BCUT2D eigenvalue weighted by Crippen LogP contribution is 2.28. The molecule has 1 aromatic carbocycles. The fourth-order valence-corrected chi connectivity index (χ4v) is 3.00. The van der Waals surface area contributed by atoms with Crippen molar-refractivity contribution in [1.29, 1.82) is 0 Å². The van der Waals surface area contributed by atoms with Crippen LogP contribution in [0.3, 0.4) is 0 Å². The van der Waals surface area contributed by atoms with Gasteiger partial charge in [0, 0.05) is 11.5 Å². The molecule has 1 heteroatoms. The second-order valence-electron chi connectivity index (χ2n) is 5.54. The number of fused-ring (bicyclic) bond motifs is 1. The maximum atomic E-state index is 12.5. The van der Waals surface area contributed by atoms with Gasteiger partial charge < -0.3 is 0 Å². The van der Waals surface area contributed by atoms with Gasteiger partial charge in [0.15, 0.2) is 5.78 Å². The lowest BCUT2D eigenvalue weighted by Crippen LogP contribution is -2.14. The summed E-state index contributed by atoms with van der Waals surface area (Å²) in [5.74, 6) is 0.643. The molecule has 0 fully saturated rings. The maximum Gasteiger partial charge on any atom is 0.166 e. The number of ketones is 1. The average Bonchev–Trinajstić information content (AvgIpc) is 2.59. The fourth-order valence-electron chi connectivity index (χ4n) is 3.00. The van der Waals surface area contributed by atoms with Crippen molar-refractivity contribution in [3.63, 3.8) is 0 Å². The molecular formula is C18H24O. The smallest absolute Gasteiger partial charge is 0.166 e. The first-order valence-corrected chi connectivity index (χ1v) is 7.56. The standard InChI is InChI=1S/C18H24O/c1-2-3-4-5-6-11-16-13-9-12-15-10-7-8-14-17(15)18(16)19/h2,7-8,10,14,16H,1,3-6,9,11-13H2. The van der Waals surface area contributed by atoms with Crippen molar-refractivity contribution in [2.45, 2.75) is 51.4 Å². The Kier molecular flexibility index (Phi) is 5.38. The van der Waals surface area contributed by atoms with Crippen LogP contribution >= 0.6 is 0 Å². The van der Waals surface area contributed by atoms with Crippen LogP contribution in [-0.4, -0.2) is 5.78 Å². The number of allylic oxidation sites excluding steroid dienone is 1. The minimum Gasteiger partial charge on any atom is -0.294 e. The predicted molar refractivity (Wildman–Crippen MR) is 80.5 cm³/mol. The zero-order valence-electron chi connectivity index (χ0n) is 11.7. The number of carbonyl (C=O) groups is 1. The van der Waals surface area contributed by atoms with Gasteiger partial charge in [0.05, 0.1) is 0 Å². The number of rotatable bonds is 6. The maximum absolute atomic E-state index is 12.5. The first-order chi connectivity index (χ1) is 9.33. The van der Waals surface area contributed by atoms with Gasteiger partial charge in [-0.3, -0.25) is 4.79 Å². The van der Waals surface area contributed by atoms with Crippen molar-refractivity contribution in [2.75, 3.05) is 0 Å². The Bertz CT molecular complexity index is 433. The SMILES string of the molecule is C=CCCCCCC1CCCc2ccccc2C1=O. The number of hydrogen-bond acceptors (Lipinski definition) is 1. The fraction of sp³-hybridized carbons (Fsp3) is 0.500. The number of Topliss-reactive ketones (excluding diaryl/α,β-unsaturated/α-hetero) is 1. The molecule has 0 amide bonds. The molecule has 0 saturated heterocycles. The summed E-state index contributed by atoms with van der Waals surface area (Å²) in [4.78, 5) is 12.5. The van der Waals surface area contributed by atoms with Gasteiger partial charge in [-0.1, -0.05) is 43.2 Å². The van der Waals surface area contributed by atoms with E-state index in [-0.39, 0.29) is 5.92 Å². The van der Waals surface area contributed by atoms with Crippen molar-refractivity contribution < 1.29 is 4.79 Å². The first-order valence-electron chi connectivity index (χ1n) is 7.56. The predicted octanol–water partition coefficient (Wildman–Crippen LogP) is 4.96. The van der Waals surface area contributed by atoms with Crippen molar-refractivity contribution in [1.82, 2.24) is 0 Å². The third-order valence-electron chi connectivity index (χ3n) is 4.11. The van der Waals surface area contributed by atoms with Crippen LogP contribution in [0.15, 0.2) is 36.9 Å². The van der Waals surface area contributed by atoms with E-state index in [0.29, 0.717) is 5.78 Å². The number of hydrogen-bond donors (Lipinski definition) is 0. The molecule has 0 saturated carbocycles. The highest BCUT2D eigenvalue weighted by Gasteiger charge is 2.24. The second-order valence-corrected chi connectivity index (χ2v) is 5.54. The molecule has 1 unspecified atom stereocenters. The zero-order chi connectivity index (χ0) is 13.5. The van der Waals surface area contributed by atoms with Gasteiger partial charge in [-0.15, -0.1) is 6.58 Å². The van der Waals surface area contributed by atoms with E-state index in [1.165, 1.54) is 24.8 Å². The number of benzene rings is 1. The van der Waals surface area contributed by atoms with Crippen molar-refractivity contribution in [2.24, 2.45) is 5.92 Å². The minimum absolute atomic E-state index is 0.257. The molecule has 19 heavy (non-hydrogen) atoms. The summed E-state index contributed by atoms with van der Waals surface area (Å²) >= 11 is 0.